The van der Waals surface area contributed by atoms with Crippen LogP contribution in [0, 0.1) is 11.8 Å². The lowest BCUT2D eigenvalue weighted by Gasteiger charge is -2.10. The summed E-state index contributed by atoms with van der Waals surface area (Å²) in [5.74, 6) is 0.609. The molecule has 0 radical (unpaired) electrons. The zero-order valence-electron chi connectivity index (χ0n) is 10.3. The monoisotopic (exact) mass is 216 g/mol. The van der Waals surface area contributed by atoms with Crippen LogP contribution in [0.4, 0.5) is 0 Å². The Balaban J connectivity index is 2.46. The second kappa shape index (κ2) is 6.26. The number of hydrogen-bond acceptors (Lipinski definition) is 1. The van der Waals surface area contributed by atoms with E-state index >= 15 is 0 Å². The van der Waals surface area contributed by atoms with Gasteiger partial charge in [0.1, 0.15) is 5.78 Å². The Hall–Kier alpha value is -1.37. The Morgan fingerprint density at radius 2 is 1.81 bits per heavy atom. The number of rotatable bonds is 5. The minimum absolute atomic E-state index is 0.125. The molecule has 1 aromatic carbocycles. The molecular formula is C15H20O. The van der Waals surface area contributed by atoms with Crippen molar-refractivity contribution in [3.63, 3.8) is 0 Å². The summed E-state index contributed by atoms with van der Waals surface area (Å²) in [7, 11) is 0. The van der Waals surface area contributed by atoms with Crippen LogP contribution >= 0.6 is 0 Å². The van der Waals surface area contributed by atoms with Gasteiger partial charge in [-0.05, 0) is 12.0 Å². The Kier molecular flexibility index (Phi) is 4.97. The van der Waals surface area contributed by atoms with Crippen molar-refractivity contribution in [1.29, 1.82) is 0 Å². The van der Waals surface area contributed by atoms with Crippen LogP contribution in [-0.4, -0.2) is 5.78 Å². The average Bonchev–Trinajstić information content (AvgIpc) is 2.29. The predicted molar refractivity (Wildman–Crippen MR) is 69.1 cm³/mol. The summed E-state index contributed by atoms with van der Waals surface area (Å²) >= 11 is 0. The van der Waals surface area contributed by atoms with Gasteiger partial charge in [-0.1, -0.05) is 63.3 Å². The molecule has 1 atom stereocenters. The van der Waals surface area contributed by atoms with Crippen molar-refractivity contribution < 1.29 is 4.79 Å². The summed E-state index contributed by atoms with van der Waals surface area (Å²) in [5, 5.41) is 0. The molecule has 16 heavy (non-hydrogen) atoms. The van der Waals surface area contributed by atoms with Gasteiger partial charge in [-0.25, -0.2) is 0 Å². The third kappa shape index (κ3) is 4.01. The highest BCUT2D eigenvalue weighted by Crippen LogP contribution is 2.12. The highest BCUT2D eigenvalue weighted by molar-refractivity contribution is 5.82. The summed E-state index contributed by atoms with van der Waals surface area (Å²) in [6.07, 6.45) is 4.98. The van der Waals surface area contributed by atoms with Gasteiger partial charge < -0.3 is 0 Å². The van der Waals surface area contributed by atoms with E-state index in [0.717, 1.165) is 6.42 Å². The maximum Gasteiger partial charge on any atom is 0.138 e. The van der Waals surface area contributed by atoms with E-state index in [9.17, 15) is 4.79 Å². The highest BCUT2D eigenvalue weighted by atomic mass is 16.1. The van der Waals surface area contributed by atoms with Crippen molar-refractivity contribution in [2.75, 3.05) is 0 Å². The molecule has 0 saturated heterocycles. The van der Waals surface area contributed by atoms with Crippen molar-refractivity contribution in [3.05, 3.63) is 42.0 Å². The molecule has 0 aliphatic rings. The number of carbonyl (C=O) groups is 1. The fourth-order valence-electron chi connectivity index (χ4n) is 1.66. The maximum atomic E-state index is 11.7. The first kappa shape index (κ1) is 12.7. The number of hydrogen-bond donors (Lipinski definition) is 0. The van der Waals surface area contributed by atoms with Crippen molar-refractivity contribution in [2.45, 2.75) is 27.2 Å². The van der Waals surface area contributed by atoms with E-state index in [4.69, 9.17) is 0 Å². The SMILES string of the molecule is CC(C)C(=O)C(C)CC=Cc1ccccc1. The van der Waals surface area contributed by atoms with Gasteiger partial charge in [-0.2, -0.15) is 0 Å². The van der Waals surface area contributed by atoms with Gasteiger partial charge in [-0.3, -0.25) is 4.79 Å². The number of benzene rings is 1. The molecule has 0 aromatic heterocycles. The number of ketones is 1. The standard InChI is InChI=1S/C15H20O/c1-12(2)15(16)13(3)8-7-11-14-9-5-4-6-10-14/h4-7,9-13H,8H2,1-3H3. The van der Waals surface area contributed by atoms with Crippen molar-refractivity contribution in [2.24, 2.45) is 11.8 Å². The molecule has 1 unspecified atom stereocenters. The van der Waals surface area contributed by atoms with Crippen LogP contribution in [0.1, 0.15) is 32.8 Å². The minimum atomic E-state index is 0.125. The molecule has 1 aromatic rings. The Labute approximate surface area is 98.2 Å². The molecule has 0 bridgehead atoms. The molecule has 86 valence electrons. The van der Waals surface area contributed by atoms with Gasteiger partial charge >= 0.3 is 0 Å². The van der Waals surface area contributed by atoms with Crippen molar-refractivity contribution in [1.82, 2.24) is 0 Å². The fourth-order valence-corrected chi connectivity index (χ4v) is 1.66. The first-order valence-electron chi connectivity index (χ1n) is 5.86. The molecule has 0 aliphatic heterocycles. The largest absolute Gasteiger partial charge is 0.299 e. The van der Waals surface area contributed by atoms with Gasteiger partial charge in [0.2, 0.25) is 0 Å². The second-order valence-electron chi connectivity index (χ2n) is 4.51. The predicted octanol–water partition coefficient (Wildman–Crippen LogP) is 3.95. The zero-order valence-corrected chi connectivity index (χ0v) is 10.3. The molecule has 1 rings (SSSR count). The normalized spacial score (nSPS) is 13.2. The van der Waals surface area contributed by atoms with Crippen molar-refractivity contribution >= 4 is 11.9 Å². The van der Waals surface area contributed by atoms with E-state index in [1.54, 1.807) is 0 Å². The lowest BCUT2D eigenvalue weighted by Crippen LogP contribution is -2.16. The summed E-state index contributed by atoms with van der Waals surface area (Å²) in [5.41, 5.74) is 1.19. The number of carbonyl (C=O) groups excluding carboxylic acids is 1. The quantitative estimate of drug-likeness (QED) is 0.728. The first-order valence-corrected chi connectivity index (χ1v) is 5.86. The Bertz CT molecular complexity index is 349. The summed E-state index contributed by atoms with van der Waals surface area (Å²) < 4.78 is 0. The lowest BCUT2D eigenvalue weighted by molar-refractivity contribution is -0.125. The Morgan fingerprint density at radius 1 is 1.19 bits per heavy atom. The fraction of sp³-hybridized carbons (Fsp3) is 0.400. The second-order valence-corrected chi connectivity index (χ2v) is 4.51. The van der Waals surface area contributed by atoms with Crippen LogP contribution in [0.5, 0.6) is 0 Å². The molecule has 0 N–H and O–H groups in total. The molecule has 0 aliphatic carbocycles. The minimum Gasteiger partial charge on any atom is -0.299 e. The molecule has 0 heterocycles. The molecular weight excluding hydrogens is 196 g/mol. The summed E-state index contributed by atoms with van der Waals surface area (Å²) in [6, 6.07) is 10.2. The topological polar surface area (TPSA) is 17.1 Å². The van der Waals surface area contributed by atoms with Gasteiger partial charge in [-0.15, -0.1) is 0 Å². The van der Waals surface area contributed by atoms with E-state index in [-0.39, 0.29) is 11.8 Å². The number of allylic oxidation sites excluding steroid dienone is 1. The molecule has 1 nitrogen and oxygen atoms in total. The molecule has 0 fully saturated rings. The summed E-state index contributed by atoms with van der Waals surface area (Å²) in [6.45, 7) is 5.91. The van der Waals surface area contributed by atoms with Crippen LogP contribution in [-0.2, 0) is 4.79 Å². The third-order valence-electron chi connectivity index (χ3n) is 2.65. The molecule has 1 heteroatoms. The van der Waals surface area contributed by atoms with Crippen LogP contribution in [0.3, 0.4) is 0 Å². The summed E-state index contributed by atoms with van der Waals surface area (Å²) in [4.78, 5) is 11.7. The van der Waals surface area contributed by atoms with Crippen molar-refractivity contribution in [3.8, 4) is 0 Å². The van der Waals surface area contributed by atoms with E-state index in [0.29, 0.717) is 5.78 Å². The molecule has 0 amide bonds. The van der Waals surface area contributed by atoms with Gasteiger partial charge in [0.05, 0.1) is 0 Å². The van der Waals surface area contributed by atoms with Crippen LogP contribution < -0.4 is 0 Å². The molecule has 0 spiro atoms. The maximum absolute atomic E-state index is 11.7. The van der Waals surface area contributed by atoms with E-state index in [1.165, 1.54) is 5.56 Å². The molecule has 0 saturated carbocycles. The third-order valence-corrected chi connectivity index (χ3v) is 2.65. The smallest absolute Gasteiger partial charge is 0.138 e. The Morgan fingerprint density at radius 3 is 2.38 bits per heavy atom. The lowest BCUT2D eigenvalue weighted by atomic mass is 9.94. The van der Waals surface area contributed by atoms with E-state index in [2.05, 4.69) is 24.3 Å². The van der Waals surface area contributed by atoms with Gasteiger partial charge in [0, 0.05) is 11.8 Å². The average molecular weight is 216 g/mol. The van der Waals surface area contributed by atoms with Crippen LogP contribution in [0.2, 0.25) is 0 Å². The first-order chi connectivity index (χ1) is 7.61. The van der Waals surface area contributed by atoms with E-state index < -0.39 is 0 Å². The van der Waals surface area contributed by atoms with Crippen LogP contribution in [0.25, 0.3) is 6.08 Å². The van der Waals surface area contributed by atoms with Crippen LogP contribution in [0.15, 0.2) is 36.4 Å². The van der Waals surface area contributed by atoms with Gasteiger partial charge in [0.15, 0.2) is 0 Å². The zero-order chi connectivity index (χ0) is 12.0. The highest BCUT2D eigenvalue weighted by Gasteiger charge is 2.14. The van der Waals surface area contributed by atoms with E-state index in [1.807, 2.05) is 39.0 Å². The number of Topliss-reactive ketones (excluding diaryl/α,β-unsaturated/α-hetero) is 1. The van der Waals surface area contributed by atoms with Gasteiger partial charge in [0.25, 0.3) is 0 Å².